The van der Waals surface area contributed by atoms with Crippen molar-refractivity contribution in [2.24, 2.45) is 5.41 Å². The highest BCUT2D eigenvalue weighted by Gasteiger charge is 2.39. The van der Waals surface area contributed by atoms with Crippen molar-refractivity contribution >= 4 is 47.4 Å². The number of carbonyl (C=O) groups is 5. The van der Waals surface area contributed by atoms with Gasteiger partial charge in [0.1, 0.15) is 17.7 Å². The number of rotatable bonds is 15. The van der Waals surface area contributed by atoms with Gasteiger partial charge in [0, 0.05) is 12.7 Å². The van der Waals surface area contributed by atoms with E-state index in [9.17, 15) is 24.0 Å². The van der Waals surface area contributed by atoms with Crippen molar-refractivity contribution in [3.05, 3.63) is 108 Å². The van der Waals surface area contributed by atoms with Crippen molar-refractivity contribution in [1.29, 1.82) is 0 Å². The molecule has 0 saturated carbocycles. The molecule has 0 radical (unpaired) electrons. The van der Waals surface area contributed by atoms with Gasteiger partial charge in [0.05, 0.1) is 17.2 Å². The minimum atomic E-state index is -1.14. The van der Waals surface area contributed by atoms with Gasteiger partial charge in [0.2, 0.25) is 17.7 Å². The van der Waals surface area contributed by atoms with Gasteiger partial charge in [-0.05, 0) is 56.2 Å². The smallest absolute Gasteiger partial charge is 0.373 e. The number of hydrogen-bond donors (Lipinski definition) is 3. The number of benzene rings is 3. The van der Waals surface area contributed by atoms with Gasteiger partial charge in [-0.3, -0.25) is 24.0 Å². The van der Waals surface area contributed by atoms with Crippen LogP contribution in [0.2, 0.25) is 0 Å². The lowest BCUT2D eigenvalue weighted by Crippen LogP contribution is -2.57. The van der Waals surface area contributed by atoms with Gasteiger partial charge in [-0.25, -0.2) is 0 Å². The average molecular weight is 746 g/mol. The molecule has 0 spiro atoms. The zero-order chi connectivity index (χ0) is 39.8. The molecule has 53 heavy (non-hydrogen) atoms. The lowest BCUT2D eigenvalue weighted by Gasteiger charge is -2.36. The number of amides is 3. The minimum Gasteiger partial charge on any atom is -0.460 e. The molecule has 0 saturated heterocycles. The van der Waals surface area contributed by atoms with Gasteiger partial charge in [-0.15, -0.1) is 11.8 Å². The first-order chi connectivity index (χ1) is 24.8. The van der Waals surface area contributed by atoms with E-state index in [1.165, 1.54) is 25.6 Å². The molecule has 0 heterocycles. The first-order valence-electron chi connectivity index (χ1n) is 17.2. The van der Waals surface area contributed by atoms with E-state index in [-0.39, 0.29) is 24.7 Å². The summed E-state index contributed by atoms with van der Waals surface area (Å²) in [7, 11) is 0. The van der Waals surface area contributed by atoms with Crippen LogP contribution in [-0.4, -0.2) is 65.1 Å². The molecule has 3 amide bonds. The van der Waals surface area contributed by atoms with E-state index in [4.69, 9.17) is 14.3 Å². The van der Waals surface area contributed by atoms with Crippen LogP contribution < -0.4 is 16.0 Å². The fourth-order valence-corrected chi connectivity index (χ4v) is 7.18. The number of esters is 1. The highest BCUT2D eigenvalue weighted by atomic mass is 32.2. The molecule has 0 fully saturated rings. The number of carbonyl (C=O) groups excluding carboxylic acids is 7. The lowest BCUT2D eigenvalue weighted by molar-refractivity contribution is -0.191. The summed E-state index contributed by atoms with van der Waals surface area (Å²) in [6.45, 7) is 13.6. The highest BCUT2D eigenvalue weighted by Crippen LogP contribution is 2.48. The molecule has 3 aromatic carbocycles. The summed E-state index contributed by atoms with van der Waals surface area (Å²) in [4.78, 5) is 81.6. The Morgan fingerprint density at radius 2 is 1.04 bits per heavy atom. The molecule has 284 valence electrons. The molecule has 3 N–H and O–H groups in total. The fourth-order valence-electron chi connectivity index (χ4n) is 5.62. The topological polar surface area (TPSA) is 165 Å². The van der Waals surface area contributed by atoms with Crippen LogP contribution in [0.4, 0.5) is 0 Å². The van der Waals surface area contributed by atoms with Crippen LogP contribution in [0, 0.1) is 5.41 Å². The minimum absolute atomic E-state index is 0.155. The Balaban J connectivity index is 0.00000313. The number of thioether (sulfide) groups is 1. The third kappa shape index (κ3) is 14.5. The zero-order valence-corrected chi connectivity index (χ0v) is 32.5. The van der Waals surface area contributed by atoms with Crippen molar-refractivity contribution in [3.8, 4) is 0 Å². The Bertz CT molecular complexity index is 1600. The van der Waals surface area contributed by atoms with Gasteiger partial charge in [-0.1, -0.05) is 112 Å². The summed E-state index contributed by atoms with van der Waals surface area (Å²) in [6, 6.07) is 26.8. The molecule has 0 aliphatic carbocycles. The molecule has 0 aliphatic rings. The van der Waals surface area contributed by atoms with Crippen LogP contribution in [0.15, 0.2) is 91.0 Å². The van der Waals surface area contributed by atoms with Crippen LogP contribution in [0.1, 0.15) is 84.9 Å². The first kappa shape index (κ1) is 44.1. The molecule has 0 aromatic heterocycles. The van der Waals surface area contributed by atoms with Crippen LogP contribution in [-0.2, 0) is 43.0 Å². The number of Topliss-reactive ketones (excluding diaryl/α,β-unsaturated/α-hetero) is 1. The van der Waals surface area contributed by atoms with E-state index in [0.717, 1.165) is 16.7 Å². The van der Waals surface area contributed by atoms with Crippen LogP contribution in [0.3, 0.4) is 0 Å². The maximum Gasteiger partial charge on any atom is 0.373 e. The van der Waals surface area contributed by atoms with Gasteiger partial charge >= 0.3 is 12.1 Å². The van der Waals surface area contributed by atoms with E-state index < -0.39 is 63.4 Å². The van der Waals surface area contributed by atoms with E-state index in [0.29, 0.717) is 0 Å². The van der Waals surface area contributed by atoms with Crippen molar-refractivity contribution in [2.75, 3.05) is 5.75 Å². The Morgan fingerprint density at radius 3 is 1.40 bits per heavy atom. The van der Waals surface area contributed by atoms with E-state index in [1.807, 2.05) is 112 Å². The average Bonchev–Trinajstić information content (AvgIpc) is 3.07. The number of ketones is 1. The van der Waals surface area contributed by atoms with Gasteiger partial charge in [0.25, 0.3) is 0 Å². The molecule has 0 bridgehead atoms. The molecule has 3 aromatic rings. The van der Waals surface area contributed by atoms with Crippen LogP contribution in [0.5, 0.6) is 0 Å². The predicted molar refractivity (Wildman–Crippen MR) is 203 cm³/mol. The molecule has 3 rings (SSSR count). The second-order valence-electron chi connectivity index (χ2n) is 14.7. The van der Waals surface area contributed by atoms with Gasteiger partial charge < -0.3 is 20.7 Å². The van der Waals surface area contributed by atoms with Crippen molar-refractivity contribution < 1.29 is 38.3 Å². The second-order valence-corrected chi connectivity index (χ2v) is 15.9. The fraction of sp³-hybridized carbons (Fsp3) is 0.415. The largest absolute Gasteiger partial charge is 0.460 e. The molecule has 0 aliphatic heterocycles. The Kier molecular flexibility index (Phi) is 16.9. The number of ether oxygens (including phenoxy) is 1. The van der Waals surface area contributed by atoms with Gasteiger partial charge in [-0.2, -0.15) is 9.59 Å². The Morgan fingerprint density at radius 1 is 0.642 bits per heavy atom. The highest BCUT2D eigenvalue weighted by molar-refractivity contribution is 8.00. The molecule has 3 atom stereocenters. The summed E-state index contributed by atoms with van der Waals surface area (Å²) in [6.07, 6.45) is 0.129. The van der Waals surface area contributed by atoms with Gasteiger partial charge in [0.15, 0.2) is 5.78 Å². The third-order valence-electron chi connectivity index (χ3n) is 7.75. The SMILES string of the molecule is CC(=O)N[C@@H](CSC(c1ccccc1)(c1ccccc1)c1ccccc1)C(=O)N[C@@H](CC(C)(C)C)C(=O)N[C@@H](CC(=O)OC(C)(C)C)C(C)=O.O=C=O. The predicted octanol–water partition coefficient (Wildman–Crippen LogP) is 5.36. The zero-order valence-electron chi connectivity index (χ0n) is 31.7. The lowest BCUT2D eigenvalue weighted by atomic mass is 9.84. The van der Waals surface area contributed by atoms with E-state index in [1.54, 1.807) is 20.8 Å². The standard InChI is InChI=1S/C40H51N3O6S.CO2/c1-27(44)32(24-35(46)49-39(6,7)8)42-36(47)33(25-38(3,4)5)43-37(48)34(41-28(2)45)26-50-40(29-18-12-9-13-19-29,30-20-14-10-15-21-30)31-22-16-11-17-23-31;2-1-3/h9-23,32-34H,24-26H2,1-8H3,(H,41,45)(H,42,47)(H,43,48);/t32-,33-,34-;/m0./s1. The van der Waals surface area contributed by atoms with Crippen molar-refractivity contribution in [3.63, 3.8) is 0 Å². The Hall–Kier alpha value is -5.06. The summed E-state index contributed by atoms with van der Waals surface area (Å²) < 4.78 is 4.62. The first-order valence-corrected chi connectivity index (χ1v) is 18.2. The van der Waals surface area contributed by atoms with Crippen molar-refractivity contribution in [1.82, 2.24) is 16.0 Å². The maximum absolute atomic E-state index is 14.1. The Labute approximate surface area is 316 Å². The quantitative estimate of drug-likeness (QED) is 0.137. The number of nitrogens with one attached hydrogen (secondary N) is 3. The number of hydrogen-bond acceptors (Lipinski definition) is 9. The molecular weight excluding hydrogens is 695 g/mol. The summed E-state index contributed by atoms with van der Waals surface area (Å²) in [5.41, 5.74) is 1.81. The van der Waals surface area contributed by atoms with Crippen LogP contribution >= 0.6 is 11.8 Å². The second kappa shape index (κ2) is 20.3. The summed E-state index contributed by atoms with van der Waals surface area (Å²) >= 11 is 1.51. The summed E-state index contributed by atoms with van der Waals surface area (Å²) in [5.74, 6) is -2.46. The molecule has 11 nitrogen and oxygen atoms in total. The summed E-state index contributed by atoms with van der Waals surface area (Å²) in [5, 5.41) is 8.33. The van der Waals surface area contributed by atoms with Crippen LogP contribution in [0.25, 0.3) is 0 Å². The monoisotopic (exact) mass is 745 g/mol. The van der Waals surface area contributed by atoms with Crippen molar-refractivity contribution in [2.45, 2.75) is 96.7 Å². The molecule has 0 unspecified atom stereocenters. The molecular formula is C41H51N3O8S. The third-order valence-corrected chi connectivity index (χ3v) is 9.39. The normalized spacial score (nSPS) is 13.1. The molecule has 12 heteroatoms. The van der Waals surface area contributed by atoms with E-state index >= 15 is 0 Å². The van der Waals surface area contributed by atoms with E-state index in [2.05, 4.69) is 16.0 Å². The maximum atomic E-state index is 14.1.